The Balaban J connectivity index is 0. The van der Waals surface area contributed by atoms with E-state index < -0.39 is 11.9 Å². The van der Waals surface area contributed by atoms with Gasteiger partial charge in [-0.3, -0.25) is 0 Å². The molecule has 0 aromatic rings. The first kappa shape index (κ1) is 15.4. The molecule has 1 atom stereocenters. The number of carbonyl (C=O) groups is 1. The van der Waals surface area contributed by atoms with E-state index in [1.807, 2.05) is 19.9 Å². The fourth-order valence-electron chi connectivity index (χ4n) is 0.852. The Labute approximate surface area is 102 Å². The van der Waals surface area contributed by atoms with Crippen LogP contribution in [-0.4, -0.2) is 5.97 Å². The third-order valence-electron chi connectivity index (χ3n) is 1.64. The number of carbonyl (C=O) groups excluding carboxylic acids is 1. The van der Waals surface area contributed by atoms with E-state index in [1.54, 1.807) is 6.92 Å². The van der Waals surface area contributed by atoms with Crippen LogP contribution >= 0.6 is 0 Å². The molecule has 3 heteroatoms. The molecule has 13 heavy (non-hydrogen) atoms. The zero-order chi connectivity index (χ0) is 9.72. The summed E-state index contributed by atoms with van der Waals surface area (Å²) in [5.41, 5.74) is 1.76. The van der Waals surface area contributed by atoms with Crippen molar-refractivity contribution in [3.63, 3.8) is 0 Å². The van der Waals surface area contributed by atoms with E-state index >= 15 is 0 Å². The third-order valence-corrected chi connectivity index (χ3v) is 1.64. The second-order valence-corrected chi connectivity index (χ2v) is 3.24. The van der Waals surface area contributed by atoms with Crippen molar-refractivity contribution < 1.29 is 39.5 Å². The fourth-order valence-corrected chi connectivity index (χ4v) is 0.852. The van der Waals surface area contributed by atoms with Crippen LogP contribution in [0.2, 0.25) is 0 Å². The van der Waals surface area contributed by atoms with E-state index in [9.17, 15) is 9.90 Å². The first-order valence-electron chi connectivity index (χ1n) is 3.94. The van der Waals surface area contributed by atoms with E-state index in [0.29, 0.717) is 12.0 Å². The summed E-state index contributed by atoms with van der Waals surface area (Å²) in [5, 5.41) is 10.6. The number of hydrogen-bond donors (Lipinski definition) is 0. The van der Waals surface area contributed by atoms with E-state index in [1.165, 1.54) is 0 Å². The Morgan fingerprint density at radius 2 is 1.92 bits per heavy atom. The zero-order valence-corrected chi connectivity index (χ0v) is 10.9. The SMILES string of the molecule is C=C(C)C(CC=C(C)C)C(=O)[O-].[Na+]. The van der Waals surface area contributed by atoms with Gasteiger partial charge in [-0.1, -0.05) is 23.8 Å². The summed E-state index contributed by atoms with van der Waals surface area (Å²) in [6.07, 6.45) is 2.37. The smallest absolute Gasteiger partial charge is 0.549 e. The van der Waals surface area contributed by atoms with Crippen LogP contribution < -0.4 is 34.7 Å². The van der Waals surface area contributed by atoms with Gasteiger partial charge >= 0.3 is 29.6 Å². The molecular formula is C10H15NaO2. The Hall–Kier alpha value is -0.0500. The predicted molar refractivity (Wildman–Crippen MR) is 47.4 cm³/mol. The molecule has 0 aliphatic carbocycles. The maximum absolute atomic E-state index is 10.6. The van der Waals surface area contributed by atoms with Crippen molar-refractivity contribution in [3.05, 3.63) is 23.8 Å². The first-order chi connectivity index (χ1) is 5.45. The average Bonchev–Trinajstić information content (AvgIpc) is 1.84. The summed E-state index contributed by atoms with van der Waals surface area (Å²) in [5.74, 6) is -1.58. The van der Waals surface area contributed by atoms with Crippen molar-refractivity contribution in [2.24, 2.45) is 5.92 Å². The van der Waals surface area contributed by atoms with Crippen LogP contribution in [0, 0.1) is 5.92 Å². The van der Waals surface area contributed by atoms with Crippen molar-refractivity contribution in [2.75, 3.05) is 0 Å². The van der Waals surface area contributed by atoms with Gasteiger partial charge in [-0.05, 0) is 27.2 Å². The molecule has 1 unspecified atom stereocenters. The molecule has 2 nitrogen and oxygen atoms in total. The molecule has 0 aromatic heterocycles. The summed E-state index contributed by atoms with van der Waals surface area (Å²) < 4.78 is 0. The van der Waals surface area contributed by atoms with Crippen molar-refractivity contribution in [1.29, 1.82) is 0 Å². The summed E-state index contributed by atoms with van der Waals surface area (Å²) in [7, 11) is 0. The molecule has 0 bridgehead atoms. The average molecular weight is 190 g/mol. The van der Waals surface area contributed by atoms with Crippen LogP contribution in [0.5, 0.6) is 0 Å². The normalized spacial score (nSPS) is 11.0. The molecule has 0 saturated carbocycles. The molecule has 0 heterocycles. The molecule has 0 fully saturated rings. The zero-order valence-electron chi connectivity index (χ0n) is 8.89. The van der Waals surface area contributed by atoms with Gasteiger partial charge in [0.2, 0.25) is 0 Å². The number of aliphatic carboxylic acids is 1. The van der Waals surface area contributed by atoms with Crippen molar-refractivity contribution in [2.45, 2.75) is 27.2 Å². The Bertz CT molecular complexity index is 201. The van der Waals surface area contributed by atoms with Crippen LogP contribution in [0.3, 0.4) is 0 Å². The van der Waals surface area contributed by atoms with Crippen LogP contribution in [0.25, 0.3) is 0 Å². The largest absolute Gasteiger partial charge is 1.00 e. The summed E-state index contributed by atoms with van der Waals surface area (Å²) >= 11 is 0. The predicted octanol–water partition coefficient (Wildman–Crippen LogP) is -1.71. The van der Waals surface area contributed by atoms with Crippen LogP contribution in [0.15, 0.2) is 23.8 Å². The minimum Gasteiger partial charge on any atom is -0.549 e. The second-order valence-electron chi connectivity index (χ2n) is 3.24. The Morgan fingerprint density at radius 1 is 1.46 bits per heavy atom. The molecule has 0 rings (SSSR count). The standard InChI is InChI=1S/C10H16O2.Na/c1-7(2)5-6-9(8(3)4)10(11)12;/h5,9H,3,6H2,1-2,4H3,(H,11,12);/q;+1/p-1. The number of carboxylic acids is 1. The van der Waals surface area contributed by atoms with E-state index in [-0.39, 0.29) is 29.6 Å². The molecule has 0 aliphatic heterocycles. The van der Waals surface area contributed by atoms with Gasteiger partial charge in [0, 0.05) is 11.9 Å². The fraction of sp³-hybridized carbons (Fsp3) is 0.500. The van der Waals surface area contributed by atoms with Crippen LogP contribution in [-0.2, 0) is 4.79 Å². The maximum Gasteiger partial charge on any atom is 1.00 e. The summed E-state index contributed by atoms with van der Waals surface area (Å²) in [4.78, 5) is 10.6. The maximum atomic E-state index is 10.6. The van der Waals surface area contributed by atoms with Gasteiger partial charge in [-0.2, -0.15) is 0 Å². The molecule has 0 saturated heterocycles. The molecule has 0 aliphatic rings. The second kappa shape index (κ2) is 7.36. The molecule has 0 amide bonds. The van der Waals surface area contributed by atoms with Crippen molar-refractivity contribution >= 4 is 5.97 Å². The first-order valence-corrected chi connectivity index (χ1v) is 3.94. The van der Waals surface area contributed by atoms with Crippen LogP contribution in [0.1, 0.15) is 27.2 Å². The van der Waals surface area contributed by atoms with E-state index in [4.69, 9.17) is 0 Å². The van der Waals surface area contributed by atoms with Crippen molar-refractivity contribution in [3.8, 4) is 0 Å². The molecule has 68 valence electrons. The summed E-state index contributed by atoms with van der Waals surface area (Å²) in [6, 6.07) is 0. The van der Waals surface area contributed by atoms with Gasteiger partial charge in [0.25, 0.3) is 0 Å². The summed E-state index contributed by atoms with van der Waals surface area (Å²) in [6.45, 7) is 9.18. The van der Waals surface area contributed by atoms with Gasteiger partial charge in [0.1, 0.15) is 0 Å². The number of rotatable bonds is 4. The molecule has 0 aromatic carbocycles. The Morgan fingerprint density at radius 3 is 2.15 bits per heavy atom. The van der Waals surface area contributed by atoms with Gasteiger partial charge in [-0.25, -0.2) is 0 Å². The molecule has 0 N–H and O–H groups in total. The quantitative estimate of drug-likeness (QED) is 0.391. The van der Waals surface area contributed by atoms with Gasteiger partial charge in [0.15, 0.2) is 0 Å². The van der Waals surface area contributed by atoms with E-state index in [2.05, 4.69) is 6.58 Å². The van der Waals surface area contributed by atoms with Gasteiger partial charge in [0.05, 0.1) is 0 Å². The monoisotopic (exact) mass is 190 g/mol. The Kier molecular flexibility index (Phi) is 8.74. The third kappa shape index (κ3) is 7.05. The van der Waals surface area contributed by atoms with Crippen molar-refractivity contribution in [1.82, 2.24) is 0 Å². The number of carboxylic acid groups (broad SMARTS) is 1. The van der Waals surface area contributed by atoms with E-state index in [0.717, 1.165) is 5.57 Å². The minimum atomic E-state index is -1.04. The minimum absolute atomic E-state index is 0. The number of allylic oxidation sites excluding steroid dienone is 2. The molecular weight excluding hydrogens is 175 g/mol. The molecule has 0 spiro atoms. The number of hydrogen-bond acceptors (Lipinski definition) is 2. The molecule has 0 radical (unpaired) electrons. The van der Waals surface area contributed by atoms with Gasteiger partial charge < -0.3 is 9.90 Å². The topological polar surface area (TPSA) is 40.1 Å². The van der Waals surface area contributed by atoms with Crippen LogP contribution in [0.4, 0.5) is 0 Å². The van der Waals surface area contributed by atoms with Gasteiger partial charge in [-0.15, -0.1) is 0 Å².